The van der Waals surface area contributed by atoms with Crippen molar-refractivity contribution in [2.75, 3.05) is 0 Å². The van der Waals surface area contributed by atoms with Crippen molar-refractivity contribution in [2.45, 2.75) is 0 Å². The predicted molar refractivity (Wildman–Crippen MR) is 118 cm³/mol. The molecule has 7 heteroatoms. The van der Waals surface area contributed by atoms with E-state index in [4.69, 9.17) is 1.41 Å². The number of nitrogens with one attached hydrogen (secondary N) is 1. The summed E-state index contributed by atoms with van der Waals surface area (Å²) in [6.45, 7) is 0. The maximum absolute atomic E-state index is 12.8. The van der Waals surface area contributed by atoms with Crippen molar-refractivity contribution >= 4 is 74.7 Å². The van der Waals surface area contributed by atoms with Crippen LogP contribution in [0, 0.1) is 0 Å². The average Bonchev–Trinajstić information content (AvgIpc) is 2.82. The number of carbonyl (C=O) groups is 4. The number of hydrogen-bond acceptors (Lipinski definition) is 4. The van der Waals surface area contributed by atoms with E-state index < -0.39 is 11.8 Å². The molecule has 2 aliphatic rings. The second kappa shape index (κ2) is 5.07. The van der Waals surface area contributed by atoms with E-state index in [1.54, 1.807) is 24.3 Å². The molecular weight excluding hydrogens is 391 g/mol. The number of fused-ring (bicyclic) bond motifs is 2. The fraction of sp³-hybridized carbons (Fsp3) is 0. The van der Waals surface area contributed by atoms with Crippen molar-refractivity contribution in [3.8, 4) is 0 Å². The van der Waals surface area contributed by atoms with E-state index in [-0.39, 0.29) is 11.8 Å². The van der Waals surface area contributed by atoms with Gasteiger partial charge in [-0.1, -0.05) is 24.3 Å². The molecule has 0 atom stereocenters. The lowest BCUT2D eigenvalue weighted by atomic mass is 9.82. The summed E-state index contributed by atoms with van der Waals surface area (Å²) in [6.07, 6.45) is 0. The first kappa shape index (κ1) is 15.6. The van der Waals surface area contributed by atoms with Gasteiger partial charge in [-0.15, -0.1) is 0 Å². The number of amides is 4. The highest BCUT2D eigenvalue weighted by atomic mass is 16.2. The van der Waals surface area contributed by atoms with E-state index in [2.05, 4.69) is 0 Å². The molecule has 0 saturated carbocycles. The maximum Gasteiger partial charge on any atom is 0.258 e. The van der Waals surface area contributed by atoms with Crippen LogP contribution in [-0.4, -0.2) is 36.4 Å². The fourth-order valence-corrected chi connectivity index (χ4v) is 5.27. The van der Waals surface area contributed by atoms with Gasteiger partial charge in [0.25, 0.3) is 11.8 Å². The van der Waals surface area contributed by atoms with Crippen LogP contribution < -0.4 is 5.31 Å². The molecule has 7 rings (SSSR count). The Labute approximate surface area is 176 Å². The molecule has 144 valence electrons. The molecule has 5 aromatic rings. The predicted octanol–water partition coefficient (Wildman–Crippen LogP) is 2.76. The van der Waals surface area contributed by atoms with Gasteiger partial charge >= 0.3 is 0 Å². The molecular formula is C24H11BN2O4. The Hall–Kier alpha value is -4.26. The first-order valence-corrected chi connectivity index (χ1v) is 9.80. The van der Waals surface area contributed by atoms with E-state index in [1.165, 1.54) is 7.98 Å². The second-order valence-corrected chi connectivity index (χ2v) is 8.03. The first-order chi connectivity index (χ1) is 15.4. The van der Waals surface area contributed by atoms with Crippen LogP contribution in [0.25, 0.3) is 43.1 Å². The zero-order chi connectivity index (χ0) is 22.0. The minimum absolute atomic E-state index is 0.316. The molecule has 4 amide bonds. The SMILES string of the molecule is [2H]N1C(=O)c2ccc3c4ccc5c6c(ccc(c7ccc(c2c37)C1=O)c64)C(=O)N(B)C5=O. The molecule has 0 fully saturated rings. The number of carbonyl (C=O) groups excluding carboxylic acids is 4. The van der Waals surface area contributed by atoms with E-state index in [1.807, 2.05) is 24.3 Å². The van der Waals surface area contributed by atoms with Gasteiger partial charge in [-0.2, -0.15) is 0 Å². The summed E-state index contributed by atoms with van der Waals surface area (Å²) >= 11 is 0. The number of benzene rings is 5. The Morgan fingerprint density at radius 1 is 0.581 bits per heavy atom. The van der Waals surface area contributed by atoms with Crippen LogP contribution in [0.4, 0.5) is 0 Å². The Balaban J connectivity index is 1.77. The van der Waals surface area contributed by atoms with Crippen molar-refractivity contribution < 1.29 is 20.6 Å². The van der Waals surface area contributed by atoms with Crippen molar-refractivity contribution in [2.24, 2.45) is 0 Å². The summed E-state index contributed by atoms with van der Waals surface area (Å²) in [4.78, 5) is 52.1. The van der Waals surface area contributed by atoms with Gasteiger partial charge in [0.05, 0.1) is 0 Å². The normalized spacial score (nSPS) is 16.5. The second-order valence-electron chi connectivity index (χ2n) is 8.03. The number of rotatable bonds is 0. The molecule has 2 aliphatic heterocycles. The van der Waals surface area contributed by atoms with E-state index >= 15 is 0 Å². The third-order valence-electron chi connectivity index (χ3n) is 6.64. The molecule has 0 radical (unpaired) electrons. The van der Waals surface area contributed by atoms with Crippen molar-refractivity contribution in [1.82, 2.24) is 10.1 Å². The molecule has 0 spiro atoms. The molecule has 2 heterocycles. The summed E-state index contributed by atoms with van der Waals surface area (Å²) in [5, 5.41) is 6.52. The zero-order valence-electron chi connectivity index (χ0n) is 17.1. The lowest BCUT2D eigenvalue weighted by Gasteiger charge is -2.26. The summed E-state index contributed by atoms with van der Waals surface area (Å²) in [6, 6.07) is 14.1. The molecule has 5 aromatic carbocycles. The largest absolute Gasteiger partial charge is 0.328 e. The third-order valence-corrected chi connectivity index (χ3v) is 6.64. The van der Waals surface area contributed by atoms with Crippen LogP contribution in [-0.2, 0) is 0 Å². The smallest absolute Gasteiger partial charge is 0.258 e. The van der Waals surface area contributed by atoms with Gasteiger partial charge < -0.3 is 4.81 Å². The summed E-state index contributed by atoms with van der Waals surface area (Å²) in [5.41, 5.74) is 1.59. The Kier molecular flexibility index (Phi) is 2.55. The Morgan fingerprint density at radius 2 is 0.935 bits per heavy atom. The van der Waals surface area contributed by atoms with E-state index in [9.17, 15) is 19.2 Å². The molecule has 0 aromatic heterocycles. The van der Waals surface area contributed by atoms with Gasteiger partial charge in [0.2, 0.25) is 19.8 Å². The van der Waals surface area contributed by atoms with Gasteiger partial charge in [-0.25, -0.2) is 0 Å². The van der Waals surface area contributed by atoms with Crippen LogP contribution in [0.15, 0.2) is 48.5 Å². The Bertz CT molecular complexity index is 1540. The molecule has 1 N–H and O–H groups in total. The molecule has 0 unspecified atom stereocenters. The third kappa shape index (κ3) is 1.72. The summed E-state index contributed by atoms with van der Waals surface area (Å²) in [5.74, 6) is -1.98. The maximum atomic E-state index is 12.8. The van der Waals surface area contributed by atoms with Gasteiger partial charge in [-0.3, -0.25) is 24.5 Å². The molecule has 6 nitrogen and oxygen atoms in total. The van der Waals surface area contributed by atoms with E-state index in [0.29, 0.717) is 38.3 Å². The minimum atomic E-state index is -0.651. The average molecular weight is 403 g/mol. The quantitative estimate of drug-likeness (QED) is 0.187. The summed E-state index contributed by atoms with van der Waals surface area (Å²) < 4.78 is 7.85. The van der Waals surface area contributed by atoms with Gasteiger partial charge in [-0.05, 0) is 56.6 Å². The lowest BCUT2D eigenvalue weighted by molar-refractivity contribution is 0.0724. The van der Waals surface area contributed by atoms with Crippen LogP contribution in [0.2, 0.25) is 1.41 Å². The molecule has 0 aliphatic carbocycles. The number of nitrogens with zero attached hydrogens (tertiary/aromatic N) is 1. The first-order valence-electron chi connectivity index (χ1n) is 10.2. The van der Waals surface area contributed by atoms with Crippen molar-refractivity contribution in [3.05, 3.63) is 70.8 Å². The van der Waals surface area contributed by atoms with Gasteiger partial charge in [0.15, 0.2) is 1.41 Å². The fourth-order valence-electron chi connectivity index (χ4n) is 5.27. The van der Waals surface area contributed by atoms with Crippen LogP contribution in [0.5, 0.6) is 0 Å². The minimum Gasteiger partial charge on any atom is -0.328 e. The highest BCUT2D eigenvalue weighted by Crippen LogP contribution is 2.45. The lowest BCUT2D eigenvalue weighted by Crippen LogP contribution is -2.38. The topological polar surface area (TPSA) is 83.6 Å². The number of imide groups is 2. The molecule has 0 bridgehead atoms. The summed E-state index contributed by atoms with van der Waals surface area (Å²) in [7, 11) is 1.48. The number of hydrogen-bond donors (Lipinski definition) is 1. The van der Waals surface area contributed by atoms with Crippen molar-refractivity contribution in [1.29, 1.82) is 0 Å². The monoisotopic (exact) mass is 403 g/mol. The standard InChI is InChI=1S/C24H11BN2O4/c25-27-23(30)15-7-3-11-9-1-5-13-19-14(22(29)26-21(13)28)6-2-10(17(9)19)12-4-8-16(24(27)31)20(15)18(11)12/h1-8H,25H2,(H,26,28,29)/i/hD. The Morgan fingerprint density at radius 3 is 1.35 bits per heavy atom. The van der Waals surface area contributed by atoms with Crippen LogP contribution in [0.1, 0.15) is 41.4 Å². The van der Waals surface area contributed by atoms with Gasteiger partial charge in [0.1, 0.15) is 0 Å². The highest BCUT2D eigenvalue weighted by Gasteiger charge is 2.32. The van der Waals surface area contributed by atoms with Crippen LogP contribution in [0.3, 0.4) is 0 Å². The molecule has 0 saturated heterocycles. The van der Waals surface area contributed by atoms with Gasteiger partial charge in [0, 0.05) is 33.0 Å². The zero-order valence-corrected chi connectivity index (χ0v) is 16.1. The van der Waals surface area contributed by atoms with Crippen LogP contribution >= 0.6 is 0 Å². The van der Waals surface area contributed by atoms with Crippen molar-refractivity contribution in [3.63, 3.8) is 0 Å². The molecule has 31 heavy (non-hydrogen) atoms. The van der Waals surface area contributed by atoms with E-state index in [0.717, 1.165) is 37.1 Å². The highest BCUT2D eigenvalue weighted by molar-refractivity contribution is 6.43.